The first-order valence-electron chi connectivity index (χ1n) is 5.06. The lowest BCUT2D eigenvalue weighted by atomic mass is 10.3. The first-order valence-corrected chi connectivity index (χ1v) is 5.06. The molecule has 1 rings (SSSR count). The Labute approximate surface area is 85.2 Å². The van der Waals surface area contributed by atoms with Gasteiger partial charge in [0.05, 0.1) is 13.2 Å². The molecule has 4 nitrogen and oxygen atoms in total. The number of methoxy groups -OCH3 is 2. The zero-order chi connectivity index (χ0) is 10.4. The van der Waals surface area contributed by atoms with Crippen molar-refractivity contribution in [2.75, 3.05) is 40.5 Å². The van der Waals surface area contributed by atoms with Crippen molar-refractivity contribution in [2.45, 2.75) is 12.8 Å². The maximum Gasteiger partial charge on any atom is 0.225 e. The molecule has 4 heteroatoms. The normalized spacial score (nSPS) is 15.6. The molecule has 82 valence electrons. The van der Waals surface area contributed by atoms with Crippen LogP contribution in [0.5, 0.6) is 0 Å². The molecular formula is C10H19NO3. The van der Waals surface area contributed by atoms with Gasteiger partial charge < -0.3 is 14.4 Å². The van der Waals surface area contributed by atoms with Gasteiger partial charge in [-0.1, -0.05) is 0 Å². The summed E-state index contributed by atoms with van der Waals surface area (Å²) in [7, 11) is 3.30. The minimum absolute atomic E-state index is 0.263. The maximum atomic E-state index is 11.7. The Morgan fingerprint density at radius 1 is 1.21 bits per heavy atom. The molecule has 1 saturated carbocycles. The lowest BCUT2D eigenvalue weighted by Crippen LogP contribution is -2.37. The molecule has 0 bridgehead atoms. The SMILES string of the molecule is COCCN(CCOC)C(=O)C1CC1. The predicted molar refractivity (Wildman–Crippen MR) is 53.1 cm³/mol. The molecule has 1 aliphatic carbocycles. The molecule has 0 heterocycles. The summed E-state index contributed by atoms with van der Waals surface area (Å²) in [6.45, 7) is 2.55. The number of amides is 1. The van der Waals surface area contributed by atoms with Gasteiger partial charge >= 0.3 is 0 Å². The third-order valence-corrected chi connectivity index (χ3v) is 2.37. The van der Waals surface area contributed by atoms with Crippen molar-refractivity contribution >= 4 is 5.91 Å². The topological polar surface area (TPSA) is 38.8 Å². The summed E-state index contributed by atoms with van der Waals surface area (Å²) in [5.74, 6) is 0.544. The minimum atomic E-state index is 0.263. The molecule has 0 aromatic rings. The Bertz CT molecular complexity index is 172. The van der Waals surface area contributed by atoms with E-state index < -0.39 is 0 Å². The highest BCUT2D eigenvalue weighted by Crippen LogP contribution is 2.30. The lowest BCUT2D eigenvalue weighted by Gasteiger charge is -2.21. The maximum absolute atomic E-state index is 11.7. The molecule has 0 saturated heterocycles. The number of nitrogens with zero attached hydrogens (tertiary/aromatic N) is 1. The Morgan fingerprint density at radius 2 is 1.71 bits per heavy atom. The third-order valence-electron chi connectivity index (χ3n) is 2.37. The van der Waals surface area contributed by atoms with E-state index in [9.17, 15) is 4.79 Å². The van der Waals surface area contributed by atoms with E-state index in [-0.39, 0.29) is 11.8 Å². The zero-order valence-corrected chi connectivity index (χ0v) is 8.99. The molecule has 14 heavy (non-hydrogen) atoms. The van der Waals surface area contributed by atoms with Crippen molar-refractivity contribution in [2.24, 2.45) is 5.92 Å². The van der Waals surface area contributed by atoms with Crippen molar-refractivity contribution in [1.82, 2.24) is 4.90 Å². The Kier molecular flexibility index (Phi) is 4.90. The molecule has 0 atom stereocenters. The van der Waals surface area contributed by atoms with Gasteiger partial charge in [0, 0.05) is 33.2 Å². The van der Waals surface area contributed by atoms with Crippen LogP contribution in [0.1, 0.15) is 12.8 Å². The summed E-state index contributed by atoms with van der Waals surface area (Å²) >= 11 is 0. The van der Waals surface area contributed by atoms with Crippen molar-refractivity contribution in [3.8, 4) is 0 Å². The Hall–Kier alpha value is -0.610. The molecule has 0 unspecified atom stereocenters. The smallest absolute Gasteiger partial charge is 0.225 e. The average molecular weight is 201 g/mol. The van der Waals surface area contributed by atoms with Gasteiger partial charge in [0.2, 0.25) is 5.91 Å². The van der Waals surface area contributed by atoms with Crippen molar-refractivity contribution in [1.29, 1.82) is 0 Å². The van der Waals surface area contributed by atoms with E-state index in [0.29, 0.717) is 26.3 Å². The largest absolute Gasteiger partial charge is 0.383 e. The monoisotopic (exact) mass is 201 g/mol. The van der Waals surface area contributed by atoms with Gasteiger partial charge in [0.25, 0.3) is 0 Å². The number of rotatable bonds is 7. The highest BCUT2D eigenvalue weighted by Gasteiger charge is 2.32. The summed E-state index contributed by atoms with van der Waals surface area (Å²) in [6.07, 6.45) is 2.10. The van der Waals surface area contributed by atoms with Crippen LogP contribution in [-0.2, 0) is 14.3 Å². The second-order valence-electron chi connectivity index (χ2n) is 3.59. The van der Waals surface area contributed by atoms with Crippen molar-refractivity contribution < 1.29 is 14.3 Å². The van der Waals surface area contributed by atoms with Gasteiger partial charge in [-0.2, -0.15) is 0 Å². The fraction of sp³-hybridized carbons (Fsp3) is 0.900. The predicted octanol–water partition coefficient (Wildman–Crippen LogP) is 0.518. The summed E-state index contributed by atoms with van der Waals surface area (Å²) in [6, 6.07) is 0. The molecule has 0 radical (unpaired) electrons. The second-order valence-corrected chi connectivity index (χ2v) is 3.59. The average Bonchev–Trinajstić information content (AvgIpc) is 3.00. The molecule has 0 aliphatic heterocycles. The number of carbonyl (C=O) groups is 1. The second kappa shape index (κ2) is 5.98. The molecule has 0 N–H and O–H groups in total. The molecular weight excluding hydrogens is 182 g/mol. The van der Waals surface area contributed by atoms with Gasteiger partial charge in [-0.25, -0.2) is 0 Å². The minimum Gasteiger partial charge on any atom is -0.383 e. The van der Waals surface area contributed by atoms with Crippen LogP contribution in [0.25, 0.3) is 0 Å². The van der Waals surface area contributed by atoms with Gasteiger partial charge in [0.15, 0.2) is 0 Å². The fourth-order valence-electron chi connectivity index (χ4n) is 1.32. The van der Waals surface area contributed by atoms with Crippen LogP contribution in [0.15, 0.2) is 0 Å². The summed E-state index contributed by atoms with van der Waals surface area (Å²) in [4.78, 5) is 13.6. The zero-order valence-electron chi connectivity index (χ0n) is 8.99. The number of hydrogen-bond acceptors (Lipinski definition) is 3. The van der Waals surface area contributed by atoms with E-state index in [1.165, 1.54) is 0 Å². The highest BCUT2D eigenvalue weighted by atomic mass is 16.5. The molecule has 0 aromatic carbocycles. The molecule has 1 fully saturated rings. The number of carbonyl (C=O) groups excluding carboxylic acids is 1. The van der Waals surface area contributed by atoms with Crippen LogP contribution in [0.3, 0.4) is 0 Å². The van der Waals surface area contributed by atoms with Crippen LogP contribution in [-0.4, -0.2) is 51.3 Å². The number of ether oxygens (including phenoxy) is 2. The van der Waals surface area contributed by atoms with E-state index in [1.807, 2.05) is 4.90 Å². The van der Waals surface area contributed by atoms with Crippen LogP contribution >= 0.6 is 0 Å². The van der Waals surface area contributed by atoms with E-state index >= 15 is 0 Å². The van der Waals surface area contributed by atoms with Gasteiger partial charge in [-0.3, -0.25) is 4.79 Å². The summed E-state index contributed by atoms with van der Waals surface area (Å²) in [5.41, 5.74) is 0. The Morgan fingerprint density at radius 3 is 2.07 bits per heavy atom. The van der Waals surface area contributed by atoms with E-state index in [2.05, 4.69) is 0 Å². The van der Waals surface area contributed by atoms with Crippen LogP contribution in [0.4, 0.5) is 0 Å². The first kappa shape index (κ1) is 11.5. The lowest BCUT2D eigenvalue weighted by molar-refractivity contribution is -0.133. The first-order chi connectivity index (χ1) is 6.79. The Balaban J connectivity index is 2.29. The molecule has 1 aliphatic rings. The van der Waals surface area contributed by atoms with Crippen molar-refractivity contribution in [3.05, 3.63) is 0 Å². The van der Waals surface area contributed by atoms with Gasteiger partial charge in [-0.15, -0.1) is 0 Å². The summed E-state index contributed by atoms with van der Waals surface area (Å²) < 4.78 is 9.94. The van der Waals surface area contributed by atoms with E-state index in [0.717, 1.165) is 12.8 Å². The highest BCUT2D eigenvalue weighted by molar-refractivity contribution is 5.81. The fourth-order valence-corrected chi connectivity index (χ4v) is 1.32. The van der Waals surface area contributed by atoms with E-state index in [4.69, 9.17) is 9.47 Å². The van der Waals surface area contributed by atoms with Crippen LogP contribution < -0.4 is 0 Å². The van der Waals surface area contributed by atoms with Crippen molar-refractivity contribution in [3.63, 3.8) is 0 Å². The summed E-state index contributed by atoms with van der Waals surface area (Å²) in [5, 5.41) is 0. The standard InChI is InChI=1S/C10H19NO3/c1-13-7-5-11(6-8-14-2)10(12)9-3-4-9/h9H,3-8H2,1-2H3. The van der Waals surface area contributed by atoms with Crippen LogP contribution in [0, 0.1) is 5.92 Å². The molecule has 1 amide bonds. The third kappa shape index (κ3) is 3.64. The molecule has 0 aromatic heterocycles. The van der Waals surface area contributed by atoms with Crippen LogP contribution in [0.2, 0.25) is 0 Å². The number of hydrogen-bond donors (Lipinski definition) is 0. The van der Waals surface area contributed by atoms with Gasteiger partial charge in [0.1, 0.15) is 0 Å². The quantitative estimate of drug-likeness (QED) is 0.602. The van der Waals surface area contributed by atoms with Gasteiger partial charge in [-0.05, 0) is 12.8 Å². The van der Waals surface area contributed by atoms with E-state index in [1.54, 1.807) is 14.2 Å². The molecule has 0 spiro atoms.